The van der Waals surface area contributed by atoms with Crippen molar-refractivity contribution in [2.24, 2.45) is 5.92 Å². The van der Waals surface area contributed by atoms with Gasteiger partial charge in [-0.05, 0) is 60.8 Å². The Hall–Kier alpha value is -3.96. The Morgan fingerprint density at radius 2 is 1.85 bits per heavy atom. The van der Waals surface area contributed by atoms with Crippen LogP contribution in [0.1, 0.15) is 55.4 Å². The lowest BCUT2D eigenvalue weighted by atomic mass is 9.98. The molecule has 3 heterocycles. The Kier molecular flexibility index (Phi) is 11.7. The van der Waals surface area contributed by atoms with Gasteiger partial charge in [-0.25, -0.2) is 14.6 Å². The Bertz CT molecular complexity index is 1610. The van der Waals surface area contributed by atoms with Gasteiger partial charge in [-0.15, -0.1) is 11.3 Å². The molecule has 3 atom stereocenters. The number of methoxy groups -OCH3 is 2. The summed E-state index contributed by atoms with van der Waals surface area (Å²) in [5.41, 5.74) is 3.38. The van der Waals surface area contributed by atoms with Gasteiger partial charge in [0.15, 0.2) is 23.9 Å². The van der Waals surface area contributed by atoms with E-state index in [1.165, 1.54) is 11.3 Å². The molecule has 3 N–H and O–H groups in total. The van der Waals surface area contributed by atoms with Crippen LogP contribution in [-0.4, -0.2) is 45.9 Å². The Morgan fingerprint density at radius 1 is 1.04 bits per heavy atom. The molecule has 2 aromatic carbocycles. The van der Waals surface area contributed by atoms with Crippen molar-refractivity contribution in [1.29, 1.82) is 0 Å². The predicted octanol–water partition coefficient (Wildman–Crippen LogP) is 5.67. The van der Waals surface area contributed by atoms with Crippen molar-refractivity contribution in [3.63, 3.8) is 0 Å². The standard InChI is InChI=1S/C35H38ClN3O6S/c1-22-17-38-20-28(36)27(22)16-30(25-9-11-29(42-2)31(15-25)43-3)45-34(40)32-12-10-26(46-32)19-39-33(24-7-5-4-6-8-24)35(41)44-21-23-13-14-37-18-23/h4-12,15,17,20,23,30,33,37,39H,13-14,16,18-19,21H2,1-3H3/p+1/t23-,30-,33?/m0/s1. The van der Waals surface area contributed by atoms with Crippen LogP contribution in [0.2, 0.25) is 5.02 Å². The number of rotatable bonds is 14. The topological polar surface area (TPSA) is 109 Å². The smallest absolute Gasteiger partial charge is 0.348 e. The minimum atomic E-state index is -0.651. The maximum absolute atomic E-state index is 13.6. The van der Waals surface area contributed by atoms with E-state index in [-0.39, 0.29) is 5.97 Å². The highest BCUT2D eigenvalue weighted by atomic mass is 35.5. The van der Waals surface area contributed by atoms with Crippen molar-refractivity contribution in [3.8, 4) is 11.5 Å². The maximum Gasteiger partial charge on any atom is 0.348 e. The number of hydrogen-bond donors (Lipinski definition) is 2. The fourth-order valence-corrected chi connectivity index (χ4v) is 6.55. The lowest BCUT2D eigenvalue weighted by molar-refractivity contribution is -0.378. The number of pyridine rings is 1. The molecule has 0 bridgehead atoms. The highest BCUT2D eigenvalue weighted by molar-refractivity contribution is 7.13. The van der Waals surface area contributed by atoms with Gasteiger partial charge >= 0.3 is 11.9 Å². The summed E-state index contributed by atoms with van der Waals surface area (Å²) in [4.78, 5) is 31.1. The normalized spacial score (nSPS) is 15.6. The van der Waals surface area contributed by atoms with Crippen LogP contribution in [0.4, 0.5) is 0 Å². The molecule has 11 heteroatoms. The second kappa shape index (κ2) is 16.0. The average Bonchev–Trinajstić information content (AvgIpc) is 3.78. The number of thiophene rings is 1. The van der Waals surface area contributed by atoms with Crippen LogP contribution in [0.15, 0.2) is 73.1 Å². The largest absolute Gasteiger partial charge is 0.493 e. The zero-order valence-electron chi connectivity index (χ0n) is 26.1. The summed E-state index contributed by atoms with van der Waals surface area (Å²) in [5, 5.41) is 7.19. The molecule has 1 unspecified atom stereocenters. The highest BCUT2D eigenvalue weighted by Gasteiger charge is 2.26. The second-order valence-corrected chi connectivity index (χ2v) is 12.7. The van der Waals surface area contributed by atoms with E-state index in [9.17, 15) is 9.59 Å². The Morgan fingerprint density at radius 3 is 2.57 bits per heavy atom. The summed E-state index contributed by atoms with van der Waals surface area (Å²) >= 11 is 7.86. The lowest BCUT2D eigenvalue weighted by Gasteiger charge is -2.20. The van der Waals surface area contributed by atoms with Gasteiger partial charge in [0, 0.05) is 35.9 Å². The van der Waals surface area contributed by atoms with Gasteiger partial charge in [-0.1, -0.05) is 48.0 Å². The summed E-state index contributed by atoms with van der Waals surface area (Å²) in [6.45, 7) is 4.51. The van der Waals surface area contributed by atoms with Crippen molar-refractivity contribution in [2.75, 3.05) is 33.9 Å². The van der Waals surface area contributed by atoms with E-state index in [4.69, 9.17) is 30.5 Å². The number of halogens is 1. The summed E-state index contributed by atoms with van der Waals surface area (Å²) in [7, 11) is 3.13. The molecule has 46 heavy (non-hydrogen) atoms. The quantitative estimate of drug-likeness (QED) is 0.166. The predicted molar refractivity (Wildman–Crippen MR) is 176 cm³/mol. The summed E-state index contributed by atoms with van der Waals surface area (Å²) < 4.78 is 22.8. The van der Waals surface area contributed by atoms with Crippen molar-refractivity contribution >= 4 is 34.9 Å². The van der Waals surface area contributed by atoms with E-state index in [1.807, 2.05) is 61.7 Å². The van der Waals surface area contributed by atoms with Gasteiger partial charge in [-0.3, -0.25) is 5.32 Å². The van der Waals surface area contributed by atoms with Crippen molar-refractivity contribution in [3.05, 3.63) is 110 Å². The molecule has 1 aliphatic rings. The van der Waals surface area contributed by atoms with Crippen LogP contribution in [0.25, 0.3) is 0 Å². The number of esters is 2. The molecule has 1 aliphatic heterocycles. The monoisotopic (exact) mass is 664 g/mol. The van der Waals surface area contributed by atoms with E-state index in [0.717, 1.165) is 46.6 Å². The number of benzene rings is 2. The number of aryl methyl sites for hydroxylation is 1. The number of ether oxygens (including phenoxy) is 4. The molecule has 9 nitrogen and oxygen atoms in total. The maximum atomic E-state index is 13.6. The van der Waals surface area contributed by atoms with E-state index >= 15 is 0 Å². The number of hydrogen-bond acceptors (Lipinski definition) is 9. The van der Waals surface area contributed by atoms with Gasteiger partial charge in [0.05, 0.1) is 20.8 Å². The third kappa shape index (κ3) is 8.44. The first-order valence-corrected chi connectivity index (χ1v) is 16.4. The molecule has 1 fully saturated rings. The first-order valence-electron chi connectivity index (χ1n) is 15.2. The average molecular weight is 665 g/mol. The van der Waals surface area contributed by atoms with Crippen molar-refractivity contribution in [1.82, 2.24) is 10.6 Å². The van der Waals surface area contributed by atoms with Crippen LogP contribution in [0.3, 0.4) is 0 Å². The zero-order valence-corrected chi connectivity index (χ0v) is 27.7. The molecule has 0 aliphatic carbocycles. The van der Waals surface area contributed by atoms with Crippen LogP contribution >= 0.6 is 22.9 Å². The van der Waals surface area contributed by atoms with Crippen LogP contribution in [-0.2, 0) is 27.2 Å². The van der Waals surface area contributed by atoms with Crippen LogP contribution in [0.5, 0.6) is 11.5 Å². The van der Waals surface area contributed by atoms with E-state index in [1.54, 1.807) is 32.5 Å². The molecule has 4 aromatic rings. The lowest BCUT2D eigenvalue weighted by Crippen LogP contribution is -2.31. The molecule has 5 rings (SSSR count). The van der Waals surface area contributed by atoms with E-state index in [2.05, 4.69) is 15.6 Å². The van der Waals surface area contributed by atoms with E-state index in [0.29, 0.717) is 46.9 Å². The minimum Gasteiger partial charge on any atom is -0.493 e. The first kappa shape index (κ1) is 33.4. The van der Waals surface area contributed by atoms with Gasteiger partial charge in [-0.2, -0.15) is 0 Å². The molecule has 0 amide bonds. The molecule has 1 saturated heterocycles. The summed E-state index contributed by atoms with van der Waals surface area (Å²) in [5.74, 6) is 0.648. The molecule has 0 saturated carbocycles. The third-order valence-electron chi connectivity index (χ3n) is 8.03. The minimum absolute atomic E-state index is 0.320. The number of carbonyl (C=O) groups excluding carboxylic acids is 2. The van der Waals surface area contributed by atoms with Gasteiger partial charge in [0.25, 0.3) is 0 Å². The number of aromatic amines is 1. The first-order chi connectivity index (χ1) is 22.4. The number of H-pyrrole nitrogens is 1. The molecule has 242 valence electrons. The Labute approximate surface area is 278 Å². The van der Waals surface area contributed by atoms with Crippen molar-refractivity contribution in [2.45, 2.75) is 38.5 Å². The number of nitrogens with one attached hydrogen (secondary N) is 3. The molecule has 0 spiro atoms. The van der Waals surface area contributed by atoms with Crippen molar-refractivity contribution < 1.29 is 33.5 Å². The number of aromatic nitrogens is 1. The fourth-order valence-electron chi connectivity index (χ4n) is 5.42. The molecule has 0 radical (unpaired) electrons. The third-order valence-corrected chi connectivity index (χ3v) is 9.43. The zero-order chi connectivity index (χ0) is 32.5. The fraction of sp³-hybridized carbons (Fsp3) is 0.343. The van der Waals surface area contributed by atoms with Gasteiger partial charge in [0.1, 0.15) is 22.0 Å². The Balaban J connectivity index is 1.30. The van der Waals surface area contributed by atoms with Gasteiger partial charge < -0.3 is 24.3 Å². The summed E-state index contributed by atoms with van der Waals surface area (Å²) in [6, 6.07) is 17.9. The van der Waals surface area contributed by atoms with Crippen LogP contribution < -0.4 is 25.1 Å². The molecule has 2 aromatic heterocycles. The van der Waals surface area contributed by atoms with Crippen LogP contribution in [0, 0.1) is 12.8 Å². The van der Waals surface area contributed by atoms with E-state index < -0.39 is 18.1 Å². The summed E-state index contributed by atoms with van der Waals surface area (Å²) in [6.07, 6.45) is 4.27. The highest BCUT2D eigenvalue weighted by Crippen LogP contribution is 2.35. The second-order valence-electron chi connectivity index (χ2n) is 11.2. The van der Waals surface area contributed by atoms with Gasteiger partial charge in [0.2, 0.25) is 0 Å². The molecular formula is C35H39ClN3O6S+. The number of carbonyl (C=O) groups is 2. The SMILES string of the molecule is COc1ccc([C@H](Cc2c(C)c[nH+]cc2Cl)OC(=O)c2ccc(CNC(C(=O)OC[C@H]3CCNC3)c3ccccc3)s2)cc1OC. The molecular weight excluding hydrogens is 626 g/mol.